The Kier molecular flexibility index (Phi) is 6.26. The van der Waals surface area contributed by atoms with Crippen molar-refractivity contribution in [2.75, 3.05) is 16.8 Å². The number of nitrogens with zero attached hydrogens (tertiary/aromatic N) is 2. The van der Waals surface area contributed by atoms with E-state index in [0.29, 0.717) is 20.9 Å². The summed E-state index contributed by atoms with van der Waals surface area (Å²) in [6.45, 7) is 1.80. The number of nitrogens with one attached hydrogen (secondary N) is 2. The van der Waals surface area contributed by atoms with Crippen LogP contribution in [-0.4, -0.2) is 28.8 Å². The molecule has 0 aliphatic carbocycles. The fourth-order valence-electron chi connectivity index (χ4n) is 2.40. The Hall–Kier alpha value is -2.22. The monoisotopic (exact) mass is 422 g/mol. The number of rotatable bonds is 5. The van der Waals surface area contributed by atoms with Crippen LogP contribution >= 0.6 is 35.0 Å². The zero-order valence-electron chi connectivity index (χ0n) is 14.3. The summed E-state index contributed by atoms with van der Waals surface area (Å²) in [6.07, 6.45) is 0. The first-order chi connectivity index (χ1) is 12.9. The van der Waals surface area contributed by atoms with Crippen LogP contribution in [0.25, 0.3) is 0 Å². The molecule has 1 saturated heterocycles. The first-order valence-electron chi connectivity index (χ1n) is 8.06. The number of benzene rings is 2. The number of carbonyl (C=O) groups is 2. The van der Waals surface area contributed by atoms with Crippen molar-refractivity contribution < 1.29 is 9.59 Å². The number of carbonyl (C=O) groups excluding carboxylic acids is 2. The summed E-state index contributed by atoms with van der Waals surface area (Å²) in [5, 5.41) is 8.26. The average molecular weight is 423 g/mol. The molecule has 0 saturated carbocycles. The number of hydrogen-bond acceptors (Lipinski definition) is 5. The Bertz CT molecular complexity index is 906. The Morgan fingerprint density at radius 2 is 1.89 bits per heavy atom. The summed E-state index contributed by atoms with van der Waals surface area (Å²) in [4.78, 5) is 26.0. The second-order valence-electron chi connectivity index (χ2n) is 5.71. The standard InChI is InChI=1S/C18H16Cl2N4O2S/c1-11-17(26)24(15-7-3-5-13(20)9-15)18(27-11)23-22-16(25)10-21-14-6-2-4-12(19)8-14/h2-9,11,21H,10H2,1H3,(H,22,25)/b23-18-. The van der Waals surface area contributed by atoms with E-state index in [1.807, 2.05) is 0 Å². The SMILES string of the molecule is CC1S/C(=N\NC(=O)CNc2cccc(Cl)c2)N(c2cccc(Cl)c2)C1=O. The second-order valence-corrected chi connectivity index (χ2v) is 7.89. The largest absolute Gasteiger partial charge is 0.376 e. The molecule has 27 heavy (non-hydrogen) atoms. The maximum Gasteiger partial charge on any atom is 0.259 e. The number of amides is 2. The molecule has 6 nitrogen and oxygen atoms in total. The molecule has 1 atom stereocenters. The summed E-state index contributed by atoms with van der Waals surface area (Å²) < 4.78 is 0. The Morgan fingerprint density at radius 1 is 1.19 bits per heavy atom. The van der Waals surface area contributed by atoms with Crippen LogP contribution < -0.4 is 15.6 Å². The predicted molar refractivity (Wildman–Crippen MR) is 112 cm³/mol. The van der Waals surface area contributed by atoms with Crippen molar-refractivity contribution in [2.45, 2.75) is 12.2 Å². The van der Waals surface area contributed by atoms with Gasteiger partial charge in [0.2, 0.25) is 5.91 Å². The summed E-state index contributed by atoms with van der Waals surface area (Å²) in [7, 11) is 0. The van der Waals surface area contributed by atoms with E-state index in [1.54, 1.807) is 55.5 Å². The molecule has 1 fully saturated rings. The topological polar surface area (TPSA) is 73.8 Å². The number of anilines is 2. The zero-order valence-corrected chi connectivity index (χ0v) is 16.6. The van der Waals surface area contributed by atoms with Crippen LogP contribution in [0.2, 0.25) is 10.0 Å². The Balaban J connectivity index is 1.67. The van der Waals surface area contributed by atoms with Gasteiger partial charge < -0.3 is 5.32 Å². The number of thioether (sulfide) groups is 1. The average Bonchev–Trinajstić information content (AvgIpc) is 2.92. The van der Waals surface area contributed by atoms with E-state index in [-0.39, 0.29) is 23.6 Å². The van der Waals surface area contributed by atoms with Crippen LogP contribution in [0.4, 0.5) is 11.4 Å². The van der Waals surface area contributed by atoms with Gasteiger partial charge in [0.25, 0.3) is 5.91 Å². The van der Waals surface area contributed by atoms with Gasteiger partial charge in [0, 0.05) is 15.7 Å². The third-order valence-electron chi connectivity index (χ3n) is 3.66. The fraction of sp³-hybridized carbons (Fsp3) is 0.167. The summed E-state index contributed by atoms with van der Waals surface area (Å²) in [5.74, 6) is -0.464. The molecule has 0 aromatic heterocycles. The highest BCUT2D eigenvalue weighted by Crippen LogP contribution is 2.32. The van der Waals surface area contributed by atoms with Crippen LogP contribution in [0.3, 0.4) is 0 Å². The molecule has 0 spiro atoms. The highest BCUT2D eigenvalue weighted by atomic mass is 35.5. The molecule has 0 bridgehead atoms. The van der Waals surface area contributed by atoms with Crippen molar-refractivity contribution in [1.29, 1.82) is 0 Å². The zero-order chi connectivity index (χ0) is 19.4. The Morgan fingerprint density at radius 3 is 2.59 bits per heavy atom. The number of hydrazone groups is 1. The van der Waals surface area contributed by atoms with E-state index >= 15 is 0 Å². The summed E-state index contributed by atoms with van der Waals surface area (Å²) in [6, 6.07) is 14.0. The molecule has 1 aliphatic heterocycles. The van der Waals surface area contributed by atoms with Crippen LogP contribution in [0.15, 0.2) is 53.6 Å². The number of amidine groups is 1. The lowest BCUT2D eigenvalue weighted by atomic mass is 10.3. The summed E-state index contributed by atoms with van der Waals surface area (Å²) >= 11 is 13.2. The minimum absolute atomic E-state index is 0.0163. The smallest absolute Gasteiger partial charge is 0.259 e. The van der Waals surface area contributed by atoms with E-state index in [4.69, 9.17) is 23.2 Å². The second kappa shape index (κ2) is 8.65. The highest BCUT2D eigenvalue weighted by Gasteiger charge is 2.36. The molecule has 1 aliphatic rings. The van der Waals surface area contributed by atoms with E-state index in [9.17, 15) is 9.59 Å². The molecule has 9 heteroatoms. The molecule has 1 unspecified atom stereocenters. The van der Waals surface area contributed by atoms with Gasteiger partial charge in [-0.3, -0.25) is 14.5 Å². The first kappa shape index (κ1) is 19.5. The maximum atomic E-state index is 12.5. The van der Waals surface area contributed by atoms with Gasteiger partial charge in [-0.15, -0.1) is 5.10 Å². The van der Waals surface area contributed by atoms with Gasteiger partial charge in [0.1, 0.15) is 0 Å². The third kappa shape index (κ3) is 4.94. The maximum absolute atomic E-state index is 12.5. The minimum Gasteiger partial charge on any atom is -0.376 e. The van der Waals surface area contributed by atoms with Gasteiger partial charge in [-0.2, -0.15) is 0 Å². The van der Waals surface area contributed by atoms with Crippen LogP contribution in [-0.2, 0) is 9.59 Å². The van der Waals surface area contributed by atoms with Crippen molar-refractivity contribution in [2.24, 2.45) is 5.10 Å². The van der Waals surface area contributed by atoms with Crippen molar-refractivity contribution in [3.05, 3.63) is 58.6 Å². The molecular formula is C18H16Cl2N4O2S. The summed E-state index contributed by atoms with van der Waals surface area (Å²) in [5.41, 5.74) is 3.80. The first-order valence-corrected chi connectivity index (χ1v) is 9.70. The van der Waals surface area contributed by atoms with E-state index < -0.39 is 0 Å². The molecule has 3 rings (SSSR count). The lowest BCUT2D eigenvalue weighted by molar-refractivity contribution is -0.119. The molecule has 2 N–H and O–H groups in total. The molecule has 2 aromatic rings. The molecule has 0 radical (unpaired) electrons. The van der Waals surface area contributed by atoms with Crippen molar-refractivity contribution in [1.82, 2.24) is 5.43 Å². The van der Waals surface area contributed by atoms with Gasteiger partial charge in [-0.05, 0) is 43.3 Å². The van der Waals surface area contributed by atoms with Crippen LogP contribution in [0.5, 0.6) is 0 Å². The molecule has 1 heterocycles. The van der Waals surface area contributed by atoms with Crippen LogP contribution in [0, 0.1) is 0 Å². The van der Waals surface area contributed by atoms with Crippen LogP contribution in [0.1, 0.15) is 6.92 Å². The van der Waals surface area contributed by atoms with E-state index in [2.05, 4.69) is 15.8 Å². The van der Waals surface area contributed by atoms with Gasteiger partial charge in [0.05, 0.1) is 17.5 Å². The van der Waals surface area contributed by atoms with Crippen molar-refractivity contribution >= 4 is 63.3 Å². The lowest BCUT2D eigenvalue weighted by Gasteiger charge is -2.16. The molecule has 140 valence electrons. The molecular weight excluding hydrogens is 407 g/mol. The van der Waals surface area contributed by atoms with Gasteiger partial charge in [-0.25, -0.2) is 5.43 Å². The lowest BCUT2D eigenvalue weighted by Crippen LogP contribution is -2.34. The van der Waals surface area contributed by atoms with E-state index in [0.717, 1.165) is 5.69 Å². The van der Waals surface area contributed by atoms with Crippen molar-refractivity contribution in [3.63, 3.8) is 0 Å². The molecule has 2 amide bonds. The minimum atomic E-state index is -0.346. The quantitative estimate of drug-likeness (QED) is 0.714. The van der Waals surface area contributed by atoms with Crippen molar-refractivity contribution in [3.8, 4) is 0 Å². The highest BCUT2D eigenvalue weighted by molar-refractivity contribution is 8.16. The van der Waals surface area contributed by atoms with Gasteiger partial charge in [0.15, 0.2) is 5.17 Å². The van der Waals surface area contributed by atoms with E-state index in [1.165, 1.54) is 16.7 Å². The third-order valence-corrected chi connectivity index (χ3v) is 5.17. The predicted octanol–water partition coefficient (Wildman–Crippen LogP) is 3.96. The number of hydrogen-bond donors (Lipinski definition) is 2. The fourth-order valence-corrected chi connectivity index (χ4v) is 3.69. The molecule has 2 aromatic carbocycles. The van der Waals surface area contributed by atoms with Gasteiger partial charge in [-0.1, -0.05) is 47.1 Å². The van der Waals surface area contributed by atoms with Gasteiger partial charge >= 0.3 is 0 Å². The Labute approximate surface area is 170 Å². The normalized spacial score (nSPS) is 18.0. The number of halogens is 2.